The van der Waals surface area contributed by atoms with E-state index in [4.69, 9.17) is 9.47 Å². The normalized spacial score (nSPS) is 15.6. The largest absolute Gasteiger partial charge is 0.478 e. The minimum absolute atomic E-state index is 0.0458. The Hall–Kier alpha value is -4.14. The molecule has 0 bridgehead atoms. The molecule has 9 heteroatoms. The molecule has 9 nitrogen and oxygen atoms in total. The van der Waals surface area contributed by atoms with Gasteiger partial charge in [-0.1, -0.05) is 30.3 Å². The van der Waals surface area contributed by atoms with Gasteiger partial charge in [0.1, 0.15) is 34.5 Å². The van der Waals surface area contributed by atoms with Crippen molar-refractivity contribution in [3.05, 3.63) is 60.3 Å². The molecule has 2 amide bonds. The molecule has 0 unspecified atom stereocenters. The van der Waals surface area contributed by atoms with Crippen LogP contribution in [-0.2, 0) is 9.53 Å². The van der Waals surface area contributed by atoms with Crippen molar-refractivity contribution >= 4 is 34.6 Å². The summed E-state index contributed by atoms with van der Waals surface area (Å²) in [6.45, 7) is 5.76. The van der Waals surface area contributed by atoms with Gasteiger partial charge in [0, 0.05) is 18.8 Å². The summed E-state index contributed by atoms with van der Waals surface area (Å²) >= 11 is 0. The molecule has 1 aliphatic rings. The topological polar surface area (TPSA) is 118 Å². The number of hydrogen-bond donors (Lipinski definition) is 2. The lowest BCUT2D eigenvalue weighted by Gasteiger charge is -2.27. The van der Waals surface area contributed by atoms with Crippen LogP contribution in [0.25, 0.3) is 10.8 Å². The molecule has 1 fully saturated rings. The van der Waals surface area contributed by atoms with Crippen LogP contribution in [0.15, 0.2) is 54.7 Å². The number of carboxylic acid groups (broad SMARTS) is 1. The van der Waals surface area contributed by atoms with Crippen LogP contribution in [0.2, 0.25) is 0 Å². The van der Waals surface area contributed by atoms with Crippen LogP contribution in [0.1, 0.15) is 44.0 Å². The van der Waals surface area contributed by atoms with Crippen LogP contribution in [0.4, 0.5) is 10.6 Å². The van der Waals surface area contributed by atoms with Gasteiger partial charge in [0.15, 0.2) is 0 Å². The Morgan fingerprint density at radius 2 is 1.89 bits per heavy atom. The average molecular weight is 478 g/mol. The summed E-state index contributed by atoms with van der Waals surface area (Å²) in [7, 11) is 0. The number of ether oxygens (including phenoxy) is 2. The first-order valence-corrected chi connectivity index (χ1v) is 11.3. The highest BCUT2D eigenvalue weighted by Crippen LogP contribution is 2.32. The van der Waals surface area contributed by atoms with Crippen LogP contribution in [-0.4, -0.2) is 51.1 Å². The monoisotopic (exact) mass is 477 g/mol. The second kappa shape index (κ2) is 9.61. The minimum Gasteiger partial charge on any atom is -0.478 e. The first kappa shape index (κ1) is 24.0. The Morgan fingerprint density at radius 3 is 2.63 bits per heavy atom. The van der Waals surface area contributed by atoms with Gasteiger partial charge in [0.2, 0.25) is 5.91 Å². The molecule has 0 spiro atoms. The van der Waals surface area contributed by atoms with E-state index in [2.05, 4.69) is 10.3 Å². The van der Waals surface area contributed by atoms with Gasteiger partial charge in [0.25, 0.3) is 0 Å². The number of carbonyl (C=O) groups excluding carboxylic acids is 2. The number of hydrogen-bond acceptors (Lipinski definition) is 6. The molecule has 4 rings (SSSR count). The van der Waals surface area contributed by atoms with E-state index in [1.54, 1.807) is 51.1 Å². The van der Waals surface area contributed by atoms with Crippen molar-refractivity contribution in [3.8, 4) is 11.5 Å². The molecule has 1 saturated heterocycles. The molecule has 2 N–H and O–H groups in total. The van der Waals surface area contributed by atoms with Crippen molar-refractivity contribution in [2.45, 2.75) is 45.3 Å². The second-order valence-electron chi connectivity index (χ2n) is 9.26. The van der Waals surface area contributed by atoms with Gasteiger partial charge in [-0.05, 0) is 56.5 Å². The molecule has 1 aliphatic heterocycles. The Balaban J connectivity index is 1.51. The molecule has 2 aromatic carbocycles. The molecule has 0 saturated carbocycles. The lowest BCUT2D eigenvalue weighted by molar-refractivity contribution is -0.120. The van der Waals surface area contributed by atoms with Gasteiger partial charge >= 0.3 is 12.1 Å². The quantitative estimate of drug-likeness (QED) is 0.527. The highest BCUT2D eigenvalue weighted by molar-refractivity contribution is 6.06. The van der Waals surface area contributed by atoms with E-state index < -0.39 is 23.7 Å². The first-order chi connectivity index (χ1) is 16.6. The molecule has 3 aromatic rings. The highest BCUT2D eigenvalue weighted by atomic mass is 16.6. The van der Waals surface area contributed by atoms with E-state index >= 15 is 0 Å². The zero-order chi connectivity index (χ0) is 25.2. The van der Waals surface area contributed by atoms with Crippen LogP contribution in [0.3, 0.4) is 0 Å². The third-order valence-corrected chi connectivity index (χ3v) is 5.50. The molecule has 2 heterocycles. The fourth-order valence-corrected chi connectivity index (χ4v) is 4.02. The smallest absolute Gasteiger partial charge is 0.410 e. The van der Waals surface area contributed by atoms with E-state index in [1.807, 2.05) is 12.1 Å². The molecule has 1 aromatic heterocycles. The number of pyridine rings is 1. The maximum absolute atomic E-state index is 12.9. The molecular formula is C26H27N3O6. The van der Waals surface area contributed by atoms with E-state index in [-0.39, 0.29) is 23.0 Å². The summed E-state index contributed by atoms with van der Waals surface area (Å²) in [6.07, 6.45) is 2.12. The molecule has 0 radical (unpaired) electrons. The number of nitrogens with zero attached hydrogens (tertiary/aromatic N) is 2. The molecule has 35 heavy (non-hydrogen) atoms. The number of aromatic carboxylic acids is 1. The Kier molecular flexibility index (Phi) is 6.59. The summed E-state index contributed by atoms with van der Waals surface area (Å²) in [4.78, 5) is 43.0. The van der Waals surface area contributed by atoms with Crippen molar-refractivity contribution < 1.29 is 29.0 Å². The first-order valence-electron chi connectivity index (χ1n) is 11.3. The van der Waals surface area contributed by atoms with E-state index in [0.29, 0.717) is 30.5 Å². The minimum atomic E-state index is -1.11. The maximum Gasteiger partial charge on any atom is 0.410 e. The number of aromatic nitrogens is 1. The standard InChI is InChI=1S/C26H27N3O6/c1-26(2,3)35-25(33)29-14-6-9-19(29)23(30)28-21-15-17(12-13-27-21)34-20-11-10-16-7-4-5-8-18(16)22(20)24(31)32/h4-5,7-8,10-13,15,19H,6,9,14H2,1-3H3,(H,31,32)(H,27,28,30)/t19-/m0/s1. The van der Waals surface area contributed by atoms with E-state index in [9.17, 15) is 19.5 Å². The summed E-state index contributed by atoms with van der Waals surface area (Å²) < 4.78 is 11.3. The van der Waals surface area contributed by atoms with Gasteiger partial charge in [0.05, 0.1) is 0 Å². The molecule has 1 atom stereocenters. The van der Waals surface area contributed by atoms with Crippen LogP contribution in [0, 0.1) is 0 Å². The number of rotatable bonds is 5. The van der Waals surface area contributed by atoms with Crippen molar-refractivity contribution in [1.29, 1.82) is 0 Å². The van der Waals surface area contributed by atoms with Gasteiger partial charge in [-0.3, -0.25) is 9.69 Å². The summed E-state index contributed by atoms with van der Waals surface area (Å²) in [5.74, 6) is -0.783. The van der Waals surface area contributed by atoms with Crippen molar-refractivity contribution in [3.63, 3.8) is 0 Å². The zero-order valence-electron chi connectivity index (χ0n) is 19.8. The number of carbonyl (C=O) groups is 3. The number of benzene rings is 2. The van der Waals surface area contributed by atoms with Crippen LogP contribution >= 0.6 is 0 Å². The van der Waals surface area contributed by atoms with Crippen LogP contribution < -0.4 is 10.1 Å². The van der Waals surface area contributed by atoms with E-state index in [0.717, 1.165) is 5.39 Å². The van der Waals surface area contributed by atoms with Crippen LogP contribution in [0.5, 0.6) is 11.5 Å². The fourth-order valence-electron chi connectivity index (χ4n) is 4.02. The third-order valence-electron chi connectivity index (χ3n) is 5.50. The van der Waals surface area contributed by atoms with Gasteiger partial charge in [-0.2, -0.15) is 0 Å². The average Bonchev–Trinajstić information content (AvgIpc) is 3.28. The summed E-state index contributed by atoms with van der Waals surface area (Å²) in [5, 5.41) is 13.9. The molecular weight excluding hydrogens is 450 g/mol. The maximum atomic E-state index is 12.9. The predicted molar refractivity (Wildman–Crippen MR) is 130 cm³/mol. The number of fused-ring (bicyclic) bond motifs is 1. The Morgan fingerprint density at radius 1 is 1.11 bits per heavy atom. The van der Waals surface area contributed by atoms with Crippen molar-refractivity contribution in [2.75, 3.05) is 11.9 Å². The lowest BCUT2D eigenvalue weighted by atomic mass is 10.0. The van der Waals surface area contributed by atoms with Crippen molar-refractivity contribution in [1.82, 2.24) is 9.88 Å². The number of anilines is 1. The number of nitrogens with one attached hydrogen (secondary N) is 1. The SMILES string of the molecule is CC(C)(C)OC(=O)N1CCC[C@H]1C(=O)Nc1cc(Oc2ccc3ccccc3c2C(=O)O)ccn1. The lowest BCUT2D eigenvalue weighted by Crippen LogP contribution is -2.45. The Labute approximate surface area is 202 Å². The fraction of sp³-hybridized carbons (Fsp3) is 0.308. The van der Waals surface area contributed by atoms with Gasteiger partial charge in [-0.25, -0.2) is 14.6 Å². The number of likely N-dealkylation sites (tertiary alicyclic amines) is 1. The number of amides is 2. The van der Waals surface area contributed by atoms with Gasteiger partial charge < -0.3 is 19.9 Å². The predicted octanol–water partition coefficient (Wildman–Crippen LogP) is 5.06. The molecule has 182 valence electrons. The number of carboxylic acids is 1. The summed E-state index contributed by atoms with van der Waals surface area (Å²) in [6, 6.07) is 12.9. The van der Waals surface area contributed by atoms with E-state index in [1.165, 1.54) is 17.2 Å². The summed E-state index contributed by atoms with van der Waals surface area (Å²) in [5.41, 5.74) is -0.615. The highest BCUT2D eigenvalue weighted by Gasteiger charge is 2.36. The van der Waals surface area contributed by atoms with Gasteiger partial charge in [-0.15, -0.1) is 0 Å². The Bertz CT molecular complexity index is 1280. The second-order valence-corrected chi connectivity index (χ2v) is 9.26. The zero-order valence-corrected chi connectivity index (χ0v) is 19.8. The molecule has 0 aliphatic carbocycles. The van der Waals surface area contributed by atoms with Crippen molar-refractivity contribution in [2.24, 2.45) is 0 Å². The third kappa shape index (κ3) is 5.51.